The zero-order valence-corrected chi connectivity index (χ0v) is 8.95. The fraction of sp³-hybridized carbons (Fsp3) is 0.538. The van der Waals surface area contributed by atoms with Crippen LogP contribution in [0.3, 0.4) is 0 Å². The third-order valence-corrected chi connectivity index (χ3v) is 3.30. The van der Waals surface area contributed by atoms with Gasteiger partial charge in [-0.3, -0.25) is 0 Å². The lowest BCUT2D eigenvalue weighted by molar-refractivity contribution is 0.356. The lowest BCUT2D eigenvalue weighted by Gasteiger charge is -2.27. The Hall–Kier alpha value is -0.980. The molecule has 0 saturated heterocycles. The van der Waals surface area contributed by atoms with Gasteiger partial charge in [0, 0.05) is 18.4 Å². The second kappa shape index (κ2) is 4.04. The Morgan fingerprint density at radius 2 is 2.36 bits per heavy atom. The molecule has 0 N–H and O–H groups in total. The van der Waals surface area contributed by atoms with Crippen LogP contribution in [0.25, 0.3) is 0 Å². The third kappa shape index (κ3) is 1.92. The van der Waals surface area contributed by atoms with Crippen molar-refractivity contribution >= 4 is 0 Å². The third-order valence-electron chi connectivity index (χ3n) is 3.30. The summed E-state index contributed by atoms with van der Waals surface area (Å²) in [5.74, 6) is 0.899. The minimum atomic E-state index is 0.733. The molecule has 0 aromatic carbocycles. The molecule has 0 radical (unpaired) electrons. The molecule has 2 unspecified atom stereocenters. The predicted molar refractivity (Wildman–Crippen MR) is 60.7 cm³/mol. The van der Waals surface area contributed by atoms with Gasteiger partial charge in [0.2, 0.25) is 0 Å². The van der Waals surface area contributed by atoms with Crippen LogP contribution in [0.1, 0.15) is 32.6 Å². The van der Waals surface area contributed by atoms with Gasteiger partial charge in [-0.1, -0.05) is 25.7 Å². The van der Waals surface area contributed by atoms with E-state index in [1.54, 1.807) is 0 Å². The van der Waals surface area contributed by atoms with Crippen LogP contribution in [0.15, 0.2) is 36.7 Å². The van der Waals surface area contributed by atoms with Crippen molar-refractivity contribution in [3.63, 3.8) is 0 Å². The monoisotopic (exact) mass is 189 g/mol. The maximum Gasteiger partial charge on any atom is 0.0333 e. The zero-order valence-electron chi connectivity index (χ0n) is 8.95. The molecular weight excluding hydrogens is 170 g/mol. The summed E-state index contributed by atoms with van der Waals surface area (Å²) in [5, 5.41) is 0. The summed E-state index contributed by atoms with van der Waals surface area (Å²) in [4.78, 5) is 2.38. The van der Waals surface area contributed by atoms with Gasteiger partial charge in [-0.05, 0) is 37.2 Å². The standard InChI is InChI=1S/C13H19N/c1-3-12-5-4-8-14(10-12)13-7-6-11(2)9-13/h3-4,8,10-11,13H,1,5-7,9H2,2H3. The lowest BCUT2D eigenvalue weighted by atomic mass is 10.1. The first-order chi connectivity index (χ1) is 6.79. The molecule has 0 amide bonds. The number of hydrogen-bond donors (Lipinski definition) is 0. The number of rotatable bonds is 2. The summed E-state index contributed by atoms with van der Waals surface area (Å²) in [6.07, 6.45) is 13.8. The Morgan fingerprint density at radius 1 is 1.50 bits per heavy atom. The van der Waals surface area contributed by atoms with E-state index in [9.17, 15) is 0 Å². The van der Waals surface area contributed by atoms with E-state index < -0.39 is 0 Å². The zero-order chi connectivity index (χ0) is 9.97. The van der Waals surface area contributed by atoms with Crippen molar-refractivity contribution in [1.82, 2.24) is 4.90 Å². The summed E-state index contributed by atoms with van der Waals surface area (Å²) in [6, 6.07) is 0.733. The molecule has 1 heterocycles. The molecule has 1 nitrogen and oxygen atoms in total. The molecule has 2 aliphatic rings. The first-order valence-electron chi connectivity index (χ1n) is 5.57. The highest BCUT2D eigenvalue weighted by molar-refractivity contribution is 5.23. The highest BCUT2D eigenvalue weighted by Gasteiger charge is 2.24. The van der Waals surface area contributed by atoms with Gasteiger partial charge in [0.15, 0.2) is 0 Å². The number of allylic oxidation sites excluding steroid dienone is 3. The van der Waals surface area contributed by atoms with Crippen LogP contribution in [0, 0.1) is 5.92 Å². The molecule has 1 aliphatic heterocycles. The van der Waals surface area contributed by atoms with E-state index >= 15 is 0 Å². The van der Waals surface area contributed by atoms with Gasteiger partial charge < -0.3 is 4.90 Å². The van der Waals surface area contributed by atoms with Crippen molar-refractivity contribution < 1.29 is 0 Å². The number of hydrogen-bond acceptors (Lipinski definition) is 1. The minimum absolute atomic E-state index is 0.733. The van der Waals surface area contributed by atoms with Crippen molar-refractivity contribution in [3.8, 4) is 0 Å². The Labute approximate surface area is 86.8 Å². The molecule has 14 heavy (non-hydrogen) atoms. The first kappa shape index (κ1) is 9.57. The van der Waals surface area contributed by atoms with E-state index in [0.29, 0.717) is 0 Å². The van der Waals surface area contributed by atoms with E-state index in [0.717, 1.165) is 18.4 Å². The Morgan fingerprint density at radius 3 is 3.00 bits per heavy atom. The molecule has 1 heteroatoms. The molecule has 2 rings (SSSR count). The molecule has 0 aromatic heterocycles. The van der Waals surface area contributed by atoms with E-state index in [1.165, 1.54) is 24.8 Å². The van der Waals surface area contributed by atoms with Crippen molar-refractivity contribution in [2.24, 2.45) is 5.92 Å². The maximum atomic E-state index is 3.83. The summed E-state index contributed by atoms with van der Waals surface area (Å²) in [6.45, 7) is 6.18. The van der Waals surface area contributed by atoms with E-state index in [4.69, 9.17) is 0 Å². The Balaban J connectivity index is 2.03. The largest absolute Gasteiger partial charge is 0.351 e. The first-order valence-corrected chi connectivity index (χ1v) is 5.57. The average molecular weight is 189 g/mol. The Bertz CT molecular complexity index is 275. The average Bonchev–Trinajstić information content (AvgIpc) is 2.65. The van der Waals surface area contributed by atoms with E-state index in [-0.39, 0.29) is 0 Å². The van der Waals surface area contributed by atoms with Gasteiger partial charge in [0.05, 0.1) is 0 Å². The SMILES string of the molecule is C=CC1=CN(C2CCC(C)C2)C=CC1. The van der Waals surface area contributed by atoms with Crippen LogP contribution in [-0.4, -0.2) is 10.9 Å². The van der Waals surface area contributed by atoms with E-state index in [1.807, 2.05) is 6.08 Å². The molecule has 0 aromatic rings. The highest BCUT2D eigenvalue weighted by atomic mass is 15.1. The lowest BCUT2D eigenvalue weighted by Crippen LogP contribution is -2.24. The highest BCUT2D eigenvalue weighted by Crippen LogP contribution is 2.30. The van der Waals surface area contributed by atoms with Gasteiger partial charge in [0.25, 0.3) is 0 Å². The predicted octanol–water partition coefficient (Wildman–Crippen LogP) is 3.46. The van der Waals surface area contributed by atoms with E-state index in [2.05, 4.69) is 36.9 Å². The summed E-state index contributed by atoms with van der Waals surface area (Å²) in [5.41, 5.74) is 1.34. The summed E-state index contributed by atoms with van der Waals surface area (Å²) < 4.78 is 0. The summed E-state index contributed by atoms with van der Waals surface area (Å²) in [7, 11) is 0. The fourth-order valence-corrected chi connectivity index (χ4v) is 2.41. The second-order valence-corrected chi connectivity index (χ2v) is 4.52. The molecule has 1 fully saturated rings. The van der Waals surface area contributed by atoms with Crippen molar-refractivity contribution in [2.45, 2.75) is 38.6 Å². The van der Waals surface area contributed by atoms with Crippen molar-refractivity contribution in [2.75, 3.05) is 0 Å². The van der Waals surface area contributed by atoms with Crippen LogP contribution in [-0.2, 0) is 0 Å². The maximum absolute atomic E-state index is 3.83. The summed E-state index contributed by atoms with van der Waals surface area (Å²) >= 11 is 0. The fourth-order valence-electron chi connectivity index (χ4n) is 2.41. The second-order valence-electron chi connectivity index (χ2n) is 4.52. The van der Waals surface area contributed by atoms with Crippen LogP contribution < -0.4 is 0 Å². The molecule has 0 bridgehead atoms. The normalized spacial score (nSPS) is 31.8. The molecule has 1 aliphatic carbocycles. The van der Waals surface area contributed by atoms with Crippen LogP contribution in [0.5, 0.6) is 0 Å². The van der Waals surface area contributed by atoms with Crippen LogP contribution >= 0.6 is 0 Å². The topological polar surface area (TPSA) is 3.24 Å². The molecule has 76 valence electrons. The van der Waals surface area contributed by atoms with Crippen molar-refractivity contribution in [3.05, 3.63) is 36.7 Å². The van der Waals surface area contributed by atoms with Gasteiger partial charge in [-0.2, -0.15) is 0 Å². The van der Waals surface area contributed by atoms with Gasteiger partial charge in [-0.15, -0.1) is 0 Å². The van der Waals surface area contributed by atoms with Gasteiger partial charge >= 0.3 is 0 Å². The molecule has 1 saturated carbocycles. The quantitative estimate of drug-likeness (QED) is 0.643. The van der Waals surface area contributed by atoms with Gasteiger partial charge in [0.1, 0.15) is 0 Å². The smallest absolute Gasteiger partial charge is 0.0333 e. The minimum Gasteiger partial charge on any atom is -0.351 e. The molecule has 0 spiro atoms. The van der Waals surface area contributed by atoms with Gasteiger partial charge in [-0.25, -0.2) is 0 Å². The molecular formula is C13H19N. The van der Waals surface area contributed by atoms with Crippen LogP contribution in [0.2, 0.25) is 0 Å². The Kier molecular flexibility index (Phi) is 2.76. The van der Waals surface area contributed by atoms with Crippen LogP contribution in [0.4, 0.5) is 0 Å². The number of nitrogens with zero attached hydrogens (tertiary/aromatic N) is 1. The molecule has 2 atom stereocenters. The van der Waals surface area contributed by atoms with Crippen molar-refractivity contribution in [1.29, 1.82) is 0 Å².